The Morgan fingerprint density at radius 2 is 2.27 bits per heavy atom. The van der Waals surface area contributed by atoms with Crippen LogP contribution in [-0.2, 0) is 14.3 Å². The van der Waals surface area contributed by atoms with Crippen molar-refractivity contribution < 1.29 is 19.4 Å². The Morgan fingerprint density at radius 1 is 1.60 bits per heavy atom. The van der Waals surface area contributed by atoms with Crippen molar-refractivity contribution in [3.8, 4) is 0 Å². The highest BCUT2D eigenvalue weighted by Gasteiger charge is 2.29. The molecule has 0 aromatic rings. The Balaban J connectivity index is 2.40. The lowest BCUT2D eigenvalue weighted by atomic mass is 10.2. The zero-order valence-electron chi connectivity index (χ0n) is 8.60. The van der Waals surface area contributed by atoms with Gasteiger partial charge in [0.05, 0.1) is 6.10 Å². The first-order chi connectivity index (χ1) is 7.02. The molecule has 1 aliphatic heterocycles. The first-order valence-corrected chi connectivity index (χ1v) is 4.95. The van der Waals surface area contributed by atoms with Gasteiger partial charge >= 0.3 is 11.9 Å². The maximum atomic E-state index is 11.3. The Kier molecular flexibility index (Phi) is 4.19. The van der Waals surface area contributed by atoms with Gasteiger partial charge < -0.3 is 20.9 Å². The Morgan fingerprint density at radius 3 is 2.73 bits per heavy atom. The number of hydrogen-bond donors (Lipinski definition) is 3. The van der Waals surface area contributed by atoms with Gasteiger partial charge in [-0.3, -0.25) is 0 Å². The molecule has 1 saturated heterocycles. The molecule has 1 rings (SSSR count). The van der Waals surface area contributed by atoms with Crippen LogP contribution in [-0.4, -0.2) is 41.8 Å². The summed E-state index contributed by atoms with van der Waals surface area (Å²) in [6, 6.07) is -1.59. The molecule has 86 valence electrons. The summed E-state index contributed by atoms with van der Waals surface area (Å²) in [5, 5.41) is 11.9. The van der Waals surface area contributed by atoms with Gasteiger partial charge in [0.2, 0.25) is 0 Å². The highest BCUT2D eigenvalue weighted by atomic mass is 16.6. The van der Waals surface area contributed by atoms with Crippen LogP contribution in [0.3, 0.4) is 0 Å². The largest absolute Gasteiger partial charge is 0.391 e. The van der Waals surface area contributed by atoms with Crippen molar-refractivity contribution in [3.05, 3.63) is 0 Å². The summed E-state index contributed by atoms with van der Waals surface area (Å²) in [5.74, 6) is -1.50. The lowest BCUT2D eigenvalue weighted by Crippen LogP contribution is -2.44. The summed E-state index contributed by atoms with van der Waals surface area (Å²) in [7, 11) is 0. The van der Waals surface area contributed by atoms with Gasteiger partial charge in [-0.1, -0.05) is 0 Å². The van der Waals surface area contributed by atoms with Crippen LogP contribution < -0.4 is 11.1 Å². The van der Waals surface area contributed by atoms with Crippen molar-refractivity contribution in [2.75, 3.05) is 6.54 Å². The Labute approximate surface area is 87.8 Å². The second kappa shape index (κ2) is 5.20. The van der Waals surface area contributed by atoms with Crippen LogP contribution >= 0.6 is 0 Å². The maximum Gasteiger partial charge on any atom is 0.333 e. The highest BCUT2D eigenvalue weighted by molar-refractivity contribution is 5.91. The van der Waals surface area contributed by atoms with Crippen molar-refractivity contribution in [3.63, 3.8) is 0 Å². The molecule has 1 fully saturated rings. The minimum absolute atomic E-state index is 0.421. The number of aliphatic hydroxyl groups excluding tert-OH is 1. The molecule has 0 aliphatic carbocycles. The molecule has 0 amide bonds. The van der Waals surface area contributed by atoms with E-state index in [2.05, 4.69) is 10.1 Å². The van der Waals surface area contributed by atoms with Crippen LogP contribution in [0.15, 0.2) is 0 Å². The molecule has 3 atom stereocenters. The van der Waals surface area contributed by atoms with Crippen LogP contribution in [0.5, 0.6) is 0 Å². The predicted molar refractivity (Wildman–Crippen MR) is 51.8 cm³/mol. The third-order valence-electron chi connectivity index (χ3n) is 2.34. The molecule has 0 bridgehead atoms. The number of carbonyl (C=O) groups excluding carboxylic acids is 2. The fourth-order valence-electron chi connectivity index (χ4n) is 1.32. The molecule has 6 nitrogen and oxygen atoms in total. The van der Waals surface area contributed by atoms with Crippen LogP contribution in [0.4, 0.5) is 0 Å². The van der Waals surface area contributed by atoms with Gasteiger partial charge in [0.25, 0.3) is 0 Å². The lowest BCUT2D eigenvalue weighted by molar-refractivity contribution is -0.163. The van der Waals surface area contributed by atoms with Crippen molar-refractivity contribution in [2.24, 2.45) is 5.73 Å². The molecule has 1 heterocycles. The fraction of sp³-hybridized carbons (Fsp3) is 0.778. The summed E-state index contributed by atoms with van der Waals surface area (Å²) in [5.41, 5.74) is 5.31. The van der Waals surface area contributed by atoms with Gasteiger partial charge in [-0.2, -0.15) is 0 Å². The summed E-state index contributed by atoms with van der Waals surface area (Å²) >= 11 is 0. The quantitative estimate of drug-likeness (QED) is 0.392. The van der Waals surface area contributed by atoms with E-state index < -0.39 is 30.1 Å². The zero-order chi connectivity index (χ0) is 11.4. The predicted octanol–water partition coefficient (Wildman–Crippen LogP) is -1.48. The summed E-state index contributed by atoms with van der Waals surface area (Å²) in [6.45, 7) is 2.11. The summed E-state index contributed by atoms with van der Waals surface area (Å²) in [4.78, 5) is 22.5. The molecule has 0 spiro atoms. The molecule has 4 N–H and O–H groups in total. The number of hydrogen-bond acceptors (Lipinski definition) is 6. The smallest absolute Gasteiger partial charge is 0.333 e. The van der Waals surface area contributed by atoms with E-state index in [4.69, 9.17) is 10.8 Å². The minimum atomic E-state index is -1.17. The van der Waals surface area contributed by atoms with Crippen molar-refractivity contribution in [2.45, 2.75) is 38.0 Å². The van der Waals surface area contributed by atoms with Gasteiger partial charge in [0.15, 0.2) is 0 Å². The third kappa shape index (κ3) is 3.26. The normalized spacial score (nSPS) is 24.6. The van der Waals surface area contributed by atoms with Crippen LogP contribution in [0.2, 0.25) is 0 Å². The number of esters is 2. The average molecular weight is 216 g/mol. The number of carbonyl (C=O) groups is 2. The average Bonchev–Trinajstić information content (AvgIpc) is 2.68. The number of rotatable bonds is 3. The number of aliphatic hydroxyl groups is 1. The van der Waals surface area contributed by atoms with E-state index in [9.17, 15) is 9.59 Å². The van der Waals surface area contributed by atoms with E-state index in [0.717, 1.165) is 13.0 Å². The Bertz CT molecular complexity index is 236. The fourth-order valence-corrected chi connectivity index (χ4v) is 1.32. The van der Waals surface area contributed by atoms with Gasteiger partial charge in [-0.05, 0) is 26.3 Å². The molecule has 15 heavy (non-hydrogen) atoms. The topological polar surface area (TPSA) is 102 Å². The minimum Gasteiger partial charge on any atom is -0.391 e. The zero-order valence-corrected chi connectivity index (χ0v) is 8.60. The number of ether oxygens (including phenoxy) is 1. The van der Waals surface area contributed by atoms with Crippen molar-refractivity contribution in [1.29, 1.82) is 0 Å². The molecule has 6 heteroatoms. The summed E-state index contributed by atoms with van der Waals surface area (Å²) in [6.07, 6.45) is 0.522. The third-order valence-corrected chi connectivity index (χ3v) is 2.34. The summed E-state index contributed by atoms with van der Waals surface area (Å²) < 4.78 is 4.53. The molecule has 1 aliphatic rings. The lowest BCUT2D eigenvalue weighted by Gasteiger charge is -2.14. The SMILES string of the molecule is CC(O)C(N)C(=O)OC(=O)C1CCCN1. The first-order valence-electron chi connectivity index (χ1n) is 4.95. The van der Waals surface area contributed by atoms with Crippen LogP contribution in [0.1, 0.15) is 19.8 Å². The standard InChI is InChI=1S/C9H16N2O4/c1-5(12)7(10)9(14)15-8(13)6-3-2-4-11-6/h5-7,11-12H,2-4,10H2,1H3. The van der Waals surface area contributed by atoms with Gasteiger partial charge in [0, 0.05) is 0 Å². The molecular formula is C9H16N2O4. The van der Waals surface area contributed by atoms with E-state index in [1.54, 1.807) is 0 Å². The Hall–Kier alpha value is -0.980. The molecule has 0 aromatic carbocycles. The number of nitrogens with one attached hydrogen (secondary N) is 1. The van der Waals surface area contributed by atoms with Gasteiger partial charge in [0.1, 0.15) is 12.1 Å². The van der Waals surface area contributed by atoms with Crippen LogP contribution in [0.25, 0.3) is 0 Å². The van der Waals surface area contributed by atoms with Crippen molar-refractivity contribution >= 4 is 11.9 Å². The molecule has 3 unspecified atom stereocenters. The van der Waals surface area contributed by atoms with Crippen LogP contribution in [0, 0.1) is 0 Å². The molecule has 0 saturated carbocycles. The molecule has 0 radical (unpaired) electrons. The molecular weight excluding hydrogens is 200 g/mol. The van der Waals surface area contributed by atoms with Crippen molar-refractivity contribution in [1.82, 2.24) is 5.32 Å². The van der Waals surface area contributed by atoms with E-state index in [0.29, 0.717) is 6.42 Å². The van der Waals surface area contributed by atoms with E-state index >= 15 is 0 Å². The first kappa shape index (κ1) is 12.1. The second-order valence-electron chi connectivity index (χ2n) is 3.66. The monoisotopic (exact) mass is 216 g/mol. The number of nitrogens with two attached hydrogens (primary N) is 1. The second-order valence-corrected chi connectivity index (χ2v) is 3.66. The van der Waals surface area contributed by atoms with E-state index in [-0.39, 0.29) is 0 Å². The maximum absolute atomic E-state index is 11.3. The van der Waals surface area contributed by atoms with Gasteiger partial charge in [-0.25, -0.2) is 9.59 Å². The van der Waals surface area contributed by atoms with E-state index in [1.807, 2.05) is 0 Å². The van der Waals surface area contributed by atoms with Gasteiger partial charge in [-0.15, -0.1) is 0 Å². The van der Waals surface area contributed by atoms with E-state index in [1.165, 1.54) is 6.92 Å². The highest BCUT2D eigenvalue weighted by Crippen LogP contribution is 2.07. The molecule has 0 aromatic heterocycles.